The standard InChI is InChI=1S/C13H19ClN2O2/c1-3-7-15-13(17)9-16-10-5-6-12(18-4-2)11(14)8-10/h5-6,8,16H,3-4,7,9H2,1-2H3,(H,15,17). The predicted molar refractivity (Wildman–Crippen MR) is 74.4 cm³/mol. The van der Waals surface area contributed by atoms with Crippen LogP contribution in [0.4, 0.5) is 5.69 Å². The summed E-state index contributed by atoms with van der Waals surface area (Å²) in [6.45, 7) is 5.43. The van der Waals surface area contributed by atoms with Crippen molar-refractivity contribution in [3.63, 3.8) is 0 Å². The van der Waals surface area contributed by atoms with Gasteiger partial charge in [0.1, 0.15) is 5.75 Å². The summed E-state index contributed by atoms with van der Waals surface area (Å²) in [5.41, 5.74) is 0.801. The maximum Gasteiger partial charge on any atom is 0.239 e. The Morgan fingerprint density at radius 3 is 2.78 bits per heavy atom. The highest BCUT2D eigenvalue weighted by Gasteiger charge is 2.04. The zero-order valence-electron chi connectivity index (χ0n) is 10.8. The Morgan fingerprint density at radius 2 is 2.17 bits per heavy atom. The van der Waals surface area contributed by atoms with Crippen molar-refractivity contribution in [2.24, 2.45) is 0 Å². The van der Waals surface area contributed by atoms with Gasteiger partial charge in [-0.25, -0.2) is 0 Å². The maximum atomic E-state index is 11.4. The highest BCUT2D eigenvalue weighted by Crippen LogP contribution is 2.27. The second-order valence-electron chi connectivity index (χ2n) is 3.78. The van der Waals surface area contributed by atoms with Crippen LogP contribution in [-0.2, 0) is 4.79 Å². The number of carbonyl (C=O) groups excluding carboxylic acids is 1. The van der Waals surface area contributed by atoms with Crippen LogP contribution in [0.2, 0.25) is 5.02 Å². The van der Waals surface area contributed by atoms with Crippen LogP contribution in [-0.4, -0.2) is 25.6 Å². The predicted octanol–water partition coefficient (Wildman–Crippen LogP) is 2.68. The van der Waals surface area contributed by atoms with Crippen molar-refractivity contribution in [3.8, 4) is 5.75 Å². The van der Waals surface area contributed by atoms with Crippen LogP contribution in [0.25, 0.3) is 0 Å². The van der Waals surface area contributed by atoms with E-state index in [1.54, 1.807) is 12.1 Å². The van der Waals surface area contributed by atoms with E-state index in [0.717, 1.165) is 12.1 Å². The number of halogens is 1. The first-order valence-electron chi connectivity index (χ1n) is 6.10. The molecular weight excluding hydrogens is 252 g/mol. The van der Waals surface area contributed by atoms with Crippen molar-refractivity contribution < 1.29 is 9.53 Å². The van der Waals surface area contributed by atoms with E-state index in [4.69, 9.17) is 16.3 Å². The molecular formula is C13H19ClN2O2. The molecule has 0 fully saturated rings. The third-order valence-corrected chi connectivity index (χ3v) is 2.55. The molecule has 0 saturated carbocycles. The van der Waals surface area contributed by atoms with Gasteiger partial charge in [-0.05, 0) is 31.5 Å². The van der Waals surface area contributed by atoms with E-state index in [2.05, 4.69) is 10.6 Å². The van der Waals surface area contributed by atoms with Crippen LogP contribution in [0, 0.1) is 0 Å². The number of benzene rings is 1. The minimum absolute atomic E-state index is 0.0261. The molecule has 0 aliphatic carbocycles. The van der Waals surface area contributed by atoms with Crippen LogP contribution in [0.5, 0.6) is 5.75 Å². The SMILES string of the molecule is CCCNC(=O)CNc1ccc(OCC)c(Cl)c1. The molecule has 1 aromatic rings. The molecule has 0 saturated heterocycles. The van der Waals surface area contributed by atoms with Crippen molar-refractivity contribution in [2.75, 3.05) is 25.0 Å². The number of anilines is 1. The lowest BCUT2D eigenvalue weighted by Gasteiger charge is -2.10. The van der Waals surface area contributed by atoms with Crippen LogP contribution >= 0.6 is 11.6 Å². The van der Waals surface area contributed by atoms with Gasteiger partial charge < -0.3 is 15.4 Å². The first kappa shape index (κ1) is 14.6. The molecule has 2 N–H and O–H groups in total. The van der Waals surface area contributed by atoms with Crippen molar-refractivity contribution in [1.82, 2.24) is 5.32 Å². The van der Waals surface area contributed by atoms with Crippen molar-refractivity contribution in [3.05, 3.63) is 23.2 Å². The van der Waals surface area contributed by atoms with Crippen molar-refractivity contribution in [2.45, 2.75) is 20.3 Å². The quantitative estimate of drug-likeness (QED) is 0.801. The monoisotopic (exact) mass is 270 g/mol. The summed E-state index contributed by atoms with van der Waals surface area (Å²) < 4.78 is 5.33. The number of carbonyl (C=O) groups is 1. The number of hydrogen-bond acceptors (Lipinski definition) is 3. The van der Waals surface area contributed by atoms with Crippen LogP contribution < -0.4 is 15.4 Å². The number of amides is 1. The van der Waals surface area contributed by atoms with Gasteiger partial charge in [0, 0.05) is 12.2 Å². The number of hydrogen-bond donors (Lipinski definition) is 2. The average molecular weight is 271 g/mol. The molecule has 0 aliphatic rings. The Kier molecular flexibility index (Phi) is 6.36. The van der Waals surface area contributed by atoms with E-state index in [1.807, 2.05) is 19.9 Å². The third-order valence-electron chi connectivity index (χ3n) is 2.26. The lowest BCUT2D eigenvalue weighted by Crippen LogP contribution is -2.30. The van der Waals surface area contributed by atoms with Gasteiger partial charge >= 0.3 is 0 Å². The fourth-order valence-corrected chi connectivity index (χ4v) is 1.63. The number of nitrogens with one attached hydrogen (secondary N) is 2. The molecule has 18 heavy (non-hydrogen) atoms. The Balaban J connectivity index is 2.48. The van der Waals surface area contributed by atoms with E-state index < -0.39 is 0 Å². The van der Waals surface area contributed by atoms with Crippen molar-refractivity contribution in [1.29, 1.82) is 0 Å². The summed E-state index contributed by atoms with van der Waals surface area (Å²) in [7, 11) is 0. The Bertz CT molecular complexity index is 397. The highest BCUT2D eigenvalue weighted by molar-refractivity contribution is 6.32. The van der Waals surface area contributed by atoms with E-state index in [9.17, 15) is 4.79 Å². The maximum absolute atomic E-state index is 11.4. The van der Waals surface area contributed by atoms with Gasteiger partial charge in [-0.3, -0.25) is 4.79 Å². The molecule has 1 rings (SSSR count). The summed E-state index contributed by atoms with van der Waals surface area (Å²) >= 11 is 6.04. The molecule has 0 spiro atoms. The van der Waals surface area contributed by atoms with Crippen LogP contribution in [0.15, 0.2) is 18.2 Å². The summed E-state index contributed by atoms with van der Waals surface area (Å²) in [5, 5.41) is 6.34. The van der Waals surface area contributed by atoms with Crippen molar-refractivity contribution >= 4 is 23.2 Å². The molecule has 0 heterocycles. The minimum atomic E-state index is -0.0261. The summed E-state index contributed by atoms with van der Waals surface area (Å²) in [6, 6.07) is 5.38. The van der Waals surface area contributed by atoms with Gasteiger partial charge in [0.25, 0.3) is 0 Å². The number of rotatable bonds is 7. The molecule has 1 aromatic carbocycles. The average Bonchev–Trinajstić information content (AvgIpc) is 2.37. The Hall–Kier alpha value is -1.42. The molecule has 4 nitrogen and oxygen atoms in total. The lowest BCUT2D eigenvalue weighted by molar-refractivity contribution is -0.119. The molecule has 0 radical (unpaired) electrons. The van der Waals surface area contributed by atoms with Gasteiger partial charge in [-0.15, -0.1) is 0 Å². The zero-order valence-corrected chi connectivity index (χ0v) is 11.5. The van der Waals surface area contributed by atoms with Gasteiger partial charge in [0.05, 0.1) is 18.2 Å². The van der Waals surface area contributed by atoms with Crippen LogP contribution in [0.3, 0.4) is 0 Å². The van der Waals surface area contributed by atoms with E-state index in [0.29, 0.717) is 23.9 Å². The summed E-state index contributed by atoms with van der Waals surface area (Å²) in [6.07, 6.45) is 0.931. The Morgan fingerprint density at radius 1 is 1.39 bits per heavy atom. The second-order valence-corrected chi connectivity index (χ2v) is 4.19. The van der Waals surface area contributed by atoms with E-state index in [1.165, 1.54) is 0 Å². The van der Waals surface area contributed by atoms with Gasteiger partial charge in [-0.2, -0.15) is 0 Å². The summed E-state index contributed by atoms with van der Waals surface area (Å²) in [4.78, 5) is 11.4. The topological polar surface area (TPSA) is 50.4 Å². The van der Waals surface area contributed by atoms with Gasteiger partial charge in [0.15, 0.2) is 0 Å². The molecule has 0 unspecified atom stereocenters. The van der Waals surface area contributed by atoms with Gasteiger partial charge in [-0.1, -0.05) is 18.5 Å². The summed E-state index contributed by atoms with van der Waals surface area (Å²) in [5.74, 6) is 0.627. The number of ether oxygens (including phenoxy) is 1. The highest BCUT2D eigenvalue weighted by atomic mass is 35.5. The normalized spacial score (nSPS) is 9.94. The molecule has 0 bridgehead atoms. The van der Waals surface area contributed by atoms with E-state index in [-0.39, 0.29) is 12.5 Å². The third kappa shape index (κ3) is 4.84. The minimum Gasteiger partial charge on any atom is -0.492 e. The zero-order chi connectivity index (χ0) is 13.4. The fourth-order valence-electron chi connectivity index (χ4n) is 1.39. The largest absolute Gasteiger partial charge is 0.492 e. The molecule has 0 aliphatic heterocycles. The molecule has 1 amide bonds. The van der Waals surface area contributed by atoms with Crippen LogP contribution in [0.1, 0.15) is 20.3 Å². The first-order valence-corrected chi connectivity index (χ1v) is 6.48. The van der Waals surface area contributed by atoms with Gasteiger partial charge in [0.2, 0.25) is 5.91 Å². The molecule has 100 valence electrons. The molecule has 0 atom stereocenters. The smallest absolute Gasteiger partial charge is 0.239 e. The Labute approximate surface area is 113 Å². The first-order chi connectivity index (χ1) is 8.67. The lowest BCUT2D eigenvalue weighted by atomic mass is 10.3. The molecule has 5 heteroatoms. The molecule has 0 aromatic heterocycles. The van der Waals surface area contributed by atoms with E-state index >= 15 is 0 Å². The second kappa shape index (κ2) is 7.82. The fraction of sp³-hybridized carbons (Fsp3) is 0.462.